The Morgan fingerprint density at radius 3 is 2.69 bits per heavy atom. The summed E-state index contributed by atoms with van der Waals surface area (Å²) in [6.07, 6.45) is 4.76. The van der Waals surface area contributed by atoms with Crippen LogP contribution < -0.4 is 11.1 Å². The first kappa shape index (κ1) is 12.4. The van der Waals surface area contributed by atoms with Crippen LogP contribution >= 0.6 is 0 Å². The van der Waals surface area contributed by atoms with Crippen molar-refractivity contribution >= 4 is 5.97 Å². The summed E-state index contributed by atoms with van der Waals surface area (Å²) >= 11 is 0. The minimum atomic E-state index is -0.943. The first-order valence-corrected chi connectivity index (χ1v) is 4.87. The number of nitrogens with two attached hydrogens (primary N) is 1. The van der Waals surface area contributed by atoms with E-state index >= 15 is 0 Å². The van der Waals surface area contributed by atoms with Crippen molar-refractivity contribution in [3.05, 3.63) is 0 Å². The molecule has 4 N–H and O–H groups in total. The highest BCUT2D eigenvalue weighted by Crippen LogP contribution is 1.96. The van der Waals surface area contributed by atoms with Crippen molar-refractivity contribution in [1.82, 2.24) is 5.32 Å². The molecule has 0 aromatic carbocycles. The molecule has 0 saturated heterocycles. The summed E-state index contributed by atoms with van der Waals surface area (Å²) in [6.45, 7) is 3.39. The van der Waals surface area contributed by atoms with E-state index in [1.54, 1.807) is 0 Å². The van der Waals surface area contributed by atoms with Gasteiger partial charge in [0.2, 0.25) is 0 Å². The SMILES string of the molecule is CCCCCCNCC(N)C(=O)O. The molecule has 0 fully saturated rings. The number of hydrogen-bond acceptors (Lipinski definition) is 3. The van der Waals surface area contributed by atoms with Crippen molar-refractivity contribution in [3.8, 4) is 0 Å². The molecule has 0 saturated carbocycles. The molecule has 4 nitrogen and oxygen atoms in total. The van der Waals surface area contributed by atoms with Crippen LogP contribution in [0.5, 0.6) is 0 Å². The summed E-state index contributed by atoms with van der Waals surface area (Å²) in [5.74, 6) is -0.943. The van der Waals surface area contributed by atoms with Gasteiger partial charge in [-0.25, -0.2) is 0 Å². The van der Waals surface area contributed by atoms with Gasteiger partial charge in [0.05, 0.1) is 0 Å². The van der Waals surface area contributed by atoms with Crippen molar-refractivity contribution in [2.24, 2.45) is 5.73 Å². The molecule has 0 aliphatic rings. The molecule has 0 bridgehead atoms. The number of carboxylic acid groups (broad SMARTS) is 1. The van der Waals surface area contributed by atoms with E-state index in [1.165, 1.54) is 19.3 Å². The molecule has 0 rings (SSSR count). The van der Waals surface area contributed by atoms with E-state index in [2.05, 4.69) is 12.2 Å². The highest BCUT2D eigenvalue weighted by atomic mass is 16.4. The van der Waals surface area contributed by atoms with Crippen molar-refractivity contribution in [2.75, 3.05) is 13.1 Å². The lowest BCUT2D eigenvalue weighted by molar-refractivity contribution is -0.138. The van der Waals surface area contributed by atoms with Gasteiger partial charge in [0, 0.05) is 6.54 Å². The van der Waals surface area contributed by atoms with Gasteiger partial charge in [-0.15, -0.1) is 0 Å². The van der Waals surface area contributed by atoms with Crippen molar-refractivity contribution in [3.63, 3.8) is 0 Å². The molecule has 0 radical (unpaired) electrons. The molecule has 78 valence electrons. The highest BCUT2D eigenvalue weighted by molar-refractivity contribution is 5.73. The molecule has 0 amide bonds. The number of hydrogen-bond donors (Lipinski definition) is 3. The third kappa shape index (κ3) is 7.74. The number of rotatable bonds is 8. The van der Waals surface area contributed by atoms with Crippen molar-refractivity contribution in [1.29, 1.82) is 0 Å². The van der Waals surface area contributed by atoms with Crippen LogP contribution in [0.15, 0.2) is 0 Å². The Labute approximate surface area is 79.5 Å². The largest absolute Gasteiger partial charge is 0.480 e. The topological polar surface area (TPSA) is 75.3 Å². The molecule has 0 spiro atoms. The molecule has 0 aromatic rings. The maximum Gasteiger partial charge on any atom is 0.321 e. The predicted molar refractivity (Wildman–Crippen MR) is 52.6 cm³/mol. The van der Waals surface area contributed by atoms with Gasteiger partial charge in [0.1, 0.15) is 6.04 Å². The second-order valence-corrected chi connectivity index (χ2v) is 3.21. The van der Waals surface area contributed by atoms with Gasteiger partial charge in [-0.3, -0.25) is 4.79 Å². The Hall–Kier alpha value is -0.610. The fourth-order valence-corrected chi connectivity index (χ4v) is 1.02. The molecular formula is C9H20N2O2. The van der Waals surface area contributed by atoms with Crippen LogP contribution in [0, 0.1) is 0 Å². The van der Waals surface area contributed by atoms with Gasteiger partial charge < -0.3 is 16.2 Å². The second kappa shape index (κ2) is 8.01. The molecule has 13 heavy (non-hydrogen) atoms. The van der Waals surface area contributed by atoms with Gasteiger partial charge in [-0.2, -0.15) is 0 Å². The second-order valence-electron chi connectivity index (χ2n) is 3.21. The molecular weight excluding hydrogens is 168 g/mol. The predicted octanol–water partition coefficient (Wildman–Crippen LogP) is 0.568. The van der Waals surface area contributed by atoms with Gasteiger partial charge in [-0.1, -0.05) is 26.2 Å². The van der Waals surface area contributed by atoms with E-state index in [0.717, 1.165) is 13.0 Å². The number of unbranched alkanes of at least 4 members (excludes halogenated alkanes) is 3. The Bertz CT molecular complexity index is 140. The fraction of sp³-hybridized carbons (Fsp3) is 0.889. The minimum absolute atomic E-state index is 0.363. The standard InChI is InChI=1S/C9H20N2O2/c1-2-3-4-5-6-11-7-8(10)9(12)13/h8,11H,2-7,10H2,1H3,(H,12,13). The summed E-state index contributed by atoms with van der Waals surface area (Å²) in [5, 5.41) is 11.5. The molecule has 4 heteroatoms. The summed E-state index contributed by atoms with van der Waals surface area (Å²) in [6, 6.07) is -0.772. The Balaban J connectivity index is 3.11. The minimum Gasteiger partial charge on any atom is -0.480 e. The Morgan fingerprint density at radius 1 is 1.46 bits per heavy atom. The maximum atomic E-state index is 10.3. The molecule has 0 aromatic heterocycles. The maximum absolute atomic E-state index is 10.3. The van der Waals surface area contributed by atoms with Crippen LogP contribution in [0.1, 0.15) is 32.6 Å². The lowest BCUT2D eigenvalue weighted by atomic mass is 10.2. The summed E-state index contributed by atoms with van der Waals surface area (Å²) in [4.78, 5) is 10.3. The van der Waals surface area contributed by atoms with E-state index in [4.69, 9.17) is 10.8 Å². The van der Waals surface area contributed by atoms with E-state index in [1.807, 2.05) is 0 Å². The first-order valence-electron chi connectivity index (χ1n) is 4.87. The van der Waals surface area contributed by atoms with Crippen LogP contribution in [0.2, 0.25) is 0 Å². The zero-order valence-corrected chi connectivity index (χ0v) is 8.25. The Morgan fingerprint density at radius 2 is 2.15 bits per heavy atom. The molecule has 0 heterocycles. The van der Waals surface area contributed by atoms with Crippen LogP contribution in [-0.4, -0.2) is 30.2 Å². The van der Waals surface area contributed by atoms with Gasteiger partial charge in [0.15, 0.2) is 0 Å². The van der Waals surface area contributed by atoms with E-state index in [0.29, 0.717) is 6.54 Å². The normalized spacial score (nSPS) is 12.8. The number of carboxylic acids is 1. The Kier molecular flexibility index (Phi) is 7.63. The zero-order chi connectivity index (χ0) is 10.1. The van der Waals surface area contributed by atoms with Gasteiger partial charge in [0.25, 0.3) is 0 Å². The fourth-order valence-electron chi connectivity index (χ4n) is 1.02. The van der Waals surface area contributed by atoms with Gasteiger partial charge >= 0.3 is 5.97 Å². The average Bonchev–Trinajstić information content (AvgIpc) is 2.10. The average molecular weight is 188 g/mol. The van der Waals surface area contributed by atoms with E-state index < -0.39 is 12.0 Å². The monoisotopic (exact) mass is 188 g/mol. The summed E-state index contributed by atoms with van der Waals surface area (Å²) in [7, 11) is 0. The van der Waals surface area contributed by atoms with Crippen molar-refractivity contribution in [2.45, 2.75) is 38.6 Å². The molecule has 1 unspecified atom stereocenters. The molecule has 1 atom stereocenters. The van der Waals surface area contributed by atoms with E-state index in [9.17, 15) is 4.79 Å². The quantitative estimate of drug-likeness (QED) is 0.487. The van der Waals surface area contributed by atoms with E-state index in [-0.39, 0.29) is 0 Å². The molecule has 0 aliphatic carbocycles. The number of aliphatic carboxylic acids is 1. The zero-order valence-electron chi connectivity index (χ0n) is 8.25. The van der Waals surface area contributed by atoms with Crippen LogP contribution in [0.25, 0.3) is 0 Å². The highest BCUT2D eigenvalue weighted by Gasteiger charge is 2.09. The molecule has 0 aliphatic heterocycles. The van der Waals surface area contributed by atoms with Crippen LogP contribution in [0.4, 0.5) is 0 Å². The van der Waals surface area contributed by atoms with Crippen molar-refractivity contribution < 1.29 is 9.90 Å². The first-order chi connectivity index (χ1) is 6.18. The lowest BCUT2D eigenvalue weighted by Gasteiger charge is -2.07. The smallest absolute Gasteiger partial charge is 0.321 e. The summed E-state index contributed by atoms with van der Waals surface area (Å²) in [5.41, 5.74) is 5.30. The third-order valence-corrected chi connectivity index (χ3v) is 1.89. The number of carbonyl (C=O) groups is 1. The number of nitrogens with one attached hydrogen (secondary N) is 1. The van der Waals surface area contributed by atoms with Crippen LogP contribution in [0.3, 0.4) is 0 Å². The summed E-state index contributed by atoms with van der Waals surface area (Å²) < 4.78 is 0. The lowest BCUT2D eigenvalue weighted by Crippen LogP contribution is -2.40. The van der Waals surface area contributed by atoms with Gasteiger partial charge in [-0.05, 0) is 13.0 Å². The third-order valence-electron chi connectivity index (χ3n) is 1.89. The van der Waals surface area contributed by atoms with Crippen LogP contribution in [-0.2, 0) is 4.79 Å².